The monoisotopic (exact) mass is 451 g/mol. The molecule has 1 aromatic heterocycles. The summed E-state index contributed by atoms with van der Waals surface area (Å²) in [6.07, 6.45) is 5.84. The van der Waals surface area contributed by atoms with E-state index in [0.29, 0.717) is 50.9 Å². The average Bonchev–Trinajstić information content (AvgIpc) is 3.44. The van der Waals surface area contributed by atoms with Crippen LogP contribution in [0.2, 0.25) is 0 Å². The predicted molar refractivity (Wildman–Crippen MR) is 115 cm³/mol. The number of rotatable bonds is 12. The van der Waals surface area contributed by atoms with Crippen LogP contribution in [0, 0.1) is 0 Å². The summed E-state index contributed by atoms with van der Waals surface area (Å²) in [4.78, 5) is 57.5. The molecule has 2 rings (SSSR count). The van der Waals surface area contributed by atoms with E-state index in [0.717, 1.165) is 0 Å². The molecule has 0 aromatic carbocycles. The second-order valence-electron chi connectivity index (χ2n) is 7.99. The van der Waals surface area contributed by atoms with Crippen LogP contribution < -0.4 is 22.1 Å². The number of unbranched alkanes of at least 4 members (excludes halogenated alkanes) is 1. The lowest BCUT2D eigenvalue weighted by Gasteiger charge is -2.27. The smallest absolute Gasteiger partial charge is 0.326 e. The fourth-order valence-electron chi connectivity index (χ4n) is 3.68. The highest BCUT2D eigenvalue weighted by molar-refractivity contribution is 5.94. The Bertz CT molecular complexity index is 785. The number of carboxylic acid groups (broad SMARTS) is 1. The zero-order valence-corrected chi connectivity index (χ0v) is 18.3. The lowest BCUT2D eigenvalue weighted by molar-refractivity contribution is -0.149. The summed E-state index contributed by atoms with van der Waals surface area (Å²) in [6.45, 7) is 2.28. The number of carbonyl (C=O) groups is 4. The van der Waals surface area contributed by atoms with Crippen molar-refractivity contribution in [3.63, 3.8) is 0 Å². The molecule has 1 aromatic rings. The van der Waals surface area contributed by atoms with Gasteiger partial charge in [-0.15, -0.1) is 0 Å². The van der Waals surface area contributed by atoms with E-state index in [1.807, 2.05) is 0 Å². The summed E-state index contributed by atoms with van der Waals surface area (Å²) in [7, 11) is 0. The molecule has 4 unspecified atom stereocenters. The van der Waals surface area contributed by atoms with Gasteiger partial charge in [-0.05, 0) is 45.6 Å². The number of amides is 3. The maximum absolute atomic E-state index is 12.9. The van der Waals surface area contributed by atoms with E-state index in [2.05, 4.69) is 20.6 Å². The maximum Gasteiger partial charge on any atom is 0.326 e. The van der Waals surface area contributed by atoms with Gasteiger partial charge in [0.1, 0.15) is 18.1 Å². The molecule has 2 heterocycles. The van der Waals surface area contributed by atoms with E-state index in [1.54, 1.807) is 6.20 Å². The molecule has 178 valence electrons. The van der Waals surface area contributed by atoms with Crippen LogP contribution in [0.25, 0.3) is 0 Å². The van der Waals surface area contributed by atoms with Gasteiger partial charge in [-0.25, -0.2) is 9.78 Å². The van der Waals surface area contributed by atoms with Crippen LogP contribution in [0.4, 0.5) is 0 Å². The largest absolute Gasteiger partial charge is 0.480 e. The Morgan fingerprint density at radius 3 is 2.66 bits per heavy atom. The van der Waals surface area contributed by atoms with Gasteiger partial charge >= 0.3 is 5.97 Å². The molecule has 12 heteroatoms. The molecule has 1 fully saturated rings. The van der Waals surface area contributed by atoms with Crippen LogP contribution in [0.3, 0.4) is 0 Å². The molecule has 0 spiro atoms. The van der Waals surface area contributed by atoms with Crippen LogP contribution in [-0.2, 0) is 25.6 Å². The van der Waals surface area contributed by atoms with Gasteiger partial charge in [0.05, 0.1) is 12.4 Å². The molecule has 1 saturated heterocycles. The first-order valence-electron chi connectivity index (χ1n) is 10.8. The predicted octanol–water partition coefficient (Wildman–Crippen LogP) is -1.53. The molecule has 12 nitrogen and oxygen atoms in total. The number of nitrogens with zero attached hydrogens (tertiary/aromatic N) is 2. The minimum Gasteiger partial charge on any atom is -0.480 e. The first-order chi connectivity index (χ1) is 15.2. The van der Waals surface area contributed by atoms with Crippen molar-refractivity contribution < 1.29 is 24.3 Å². The molecule has 4 atom stereocenters. The summed E-state index contributed by atoms with van der Waals surface area (Å²) in [5, 5.41) is 14.6. The van der Waals surface area contributed by atoms with Crippen molar-refractivity contribution in [1.82, 2.24) is 25.5 Å². The average molecular weight is 452 g/mol. The lowest BCUT2D eigenvalue weighted by Crippen LogP contribution is -2.56. The number of hydrogen-bond donors (Lipinski definition) is 6. The molecule has 0 radical (unpaired) electrons. The summed E-state index contributed by atoms with van der Waals surface area (Å²) >= 11 is 0. The van der Waals surface area contributed by atoms with Gasteiger partial charge in [-0.3, -0.25) is 14.4 Å². The Hall–Kier alpha value is -2.99. The van der Waals surface area contributed by atoms with Crippen molar-refractivity contribution in [2.24, 2.45) is 11.5 Å². The standard InChI is InChI=1S/C20H33N7O5/c1-12(19(30)27-8-4-6-16(27)20(31)32)25-18(29)15(5-2-3-7-21)26-17(28)14(22)9-13-10-23-11-24-13/h10-12,14-16H,2-9,21-22H2,1H3,(H,23,24)(H,25,29)(H,26,28)(H,31,32). The van der Waals surface area contributed by atoms with Gasteiger partial charge in [0.15, 0.2) is 0 Å². The number of carbonyl (C=O) groups excluding carboxylic acids is 3. The fourth-order valence-corrected chi connectivity index (χ4v) is 3.68. The first kappa shape index (κ1) is 25.3. The van der Waals surface area contributed by atoms with Crippen molar-refractivity contribution in [3.05, 3.63) is 18.2 Å². The Morgan fingerprint density at radius 1 is 1.28 bits per heavy atom. The number of aromatic amines is 1. The Kier molecular flexibility index (Phi) is 9.60. The van der Waals surface area contributed by atoms with Gasteiger partial charge < -0.3 is 37.1 Å². The SMILES string of the molecule is CC(NC(=O)C(CCCCN)NC(=O)C(N)Cc1cnc[nH]1)C(=O)N1CCCC1C(=O)O. The highest BCUT2D eigenvalue weighted by Gasteiger charge is 2.36. The Balaban J connectivity index is 1.98. The lowest BCUT2D eigenvalue weighted by atomic mass is 10.1. The number of nitrogens with two attached hydrogens (primary N) is 2. The molecule has 0 bridgehead atoms. The fraction of sp³-hybridized carbons (Fsp3) is 0.650. The minimum atomic E-state index is -1.06. The van der Waals surface area contributed by atoms with E-state index in [1.165, 1.54) is 18.2 Å². The van der Waals surface area contributed by atoms with Crippen LogP contribution in [-0.4, -0.2) is 80.9 Å². The number of aromatic nitrogens is 2. The van der Waals surface area contributed by atoms with Gasteiger partial charge in [-0.2, -0.15) is 0 Å². The van der Waals surface area contributed by atoms with Crippen molar-refractivity contribution in [2.45, 2.75) is 69.6 Å². The van der Waals surface area contributed by atoms with Gasteiger partial charge in [0, 0.05) is 24.9 Å². The van der Waals surface area contributed by atoms with E-state index < -0.39 is 47.9 Å². The third-order valence-electron chi connectivity index (χ3n) is 5.46. The van der Waals surface area contributed by atoms with Crippen molar-refractivity contribution >= 4 is 23.7 Å². The molecule has 0 saturated carbocycles. The molecule has 3 amide bonds. The third-order valence-corrected chi connectivity index (χ3v) is 5.46. The molecule has 1 aliphatic rings. The van der Waals surface area contributed by atoms with Crippen LogP contribution in [0.1, 0.15) is 44.7 Å². The quantitative estimate of drug-likeness (QED) is 0.206. The maximum atomic E-state index is 12.9. The Labute approximate surface area is 186 Å². The highest BCUT2D eigenvalue weighted by atomic mass is 16.4. The van der Waals surface area contributed by atoms with E-state index in [4.69, 9.17) is 11.5 Å². The van der Waals surface area contributed by atoms with Crippen molar-refractivity contribution in [1.29, 1.82) is 0 Å². The summed E-state index contributed by atoms with van der Waals surface area (Å²) in [5.41, 5.74) is 12.2. The number of hydrogen-bond acceptors (Lipinski definition) is 7. The number of imidazole rings is 1. The summed E-state index contributed by atoms with van der Waals surface area (Å²) in [5.74, 6) is -2.56. The number of carboxylic acids is 1. The number of nitrogens with one attached hydrogen (secondary N) is 3. The molecular formula is C20H33N7O5. The zero-order chi connectivity index (χ0) is 23.7. The van der Waals surface area contributed by atoms with Crippen LogP contribution in [0.5, 0.6) is 0 Å². The van der Waals surface area contributed by atoms with Crippen LogP contribution in [0.15, 0.2) is 12.5 Å². The number of likely N-dealkylation sites (tertiary alicyclic amines) is 1. The van der Waals surface area contributed by atoms with E-state index in [9.17, 15) is 24.3 Å². The normalized spacial score (nSPS) is 18.6. The minimum absolute atomic E-state index is 0.226. The summed E-state index contributed by atoms with van der Waals surface area (Å²) < 4.78 is 0. The van der Waals surface area contributed by atoms with Gasteiger partial charge in [0.2, 0.25) is 17.7 Å². The van der Waals surface area contributed by atoms with E-state index in [-0.39, 0.29) is 6.42 Å². The molecule has 8 N–H and O–H groups in total. The van der Waals surface area contributed by atoms with Crippen LogP contribution >= 0.6 is 0 Å². The topological polar surface area (TPSA) is 197 Å². The van der Waals surface area contributed by atoms with Crippen molar-refractivity contribution in [2.75, 3.05) is 13.1 Å². The second-order valence-corrected chi connectivity index (χ2v) is 7.99. The van der Waals surface area contributed by atoms with E-state index >= 15 is 0 Å². The highest BCUT2D eigenvalue weighted by Crippen LogP contribution is 2.18. The number of H-pyrrole nitrogens is 1. The molecule has 32 heavy (non-hydrogen) atoms. The number of aliphatic carboxylic acids is 1. The second kappa shape index (κ2) is 12.2. The molecule has 1 aliphatic heterocycles. The van der Waals surface area contributed by atoms with Gasteiger partial charge in [0.25, 0.3) is 0 Å². The molecule has 0 aliphatic carbocycles. The Morgan fingerprint density at radius 2 is 2.03 bits per heavy atom. The first-order valence-corrected chi connectivity index (χ1v) is 10.8. The summed E-state index contributed by atoms with van der Waals surface area (Å²) in [6, 6.07) is -3.61. The zero-order valence-electron chi connectivity index (χ0n) is 18.3. The van der Waals surface area contributed by atoms with Gasteiger partial charge in [-0.1, -0.05) is 0 Å². The van der Waals surface area contributed by atoms with Crippen molar-refractivity contribution in [3.8, 4) is 0 Å². The third kappa shape index (κ3) is 7.02. The molecular weight excluding hydrogens is 418 g/mol.